The van der Waals surface area contributed by atoms with Crippen molar-refractivity contribution in [2.24, 2.45) is 0 Å². The Morgan fingerprint density at radius 3 is 2.33 bits per heavy atom. The van der Waals surface area contributed by atoms with Crippen LogP contribution in [0.4, 0.5) is 0 Å². The van der Waals surface area contributed by atoms with Crippen LogP contribution in [0.15, 0.2) is 36.5 Å². The molecule has 0 unspecified atom stereocenters. The lowest BCUT2D eigenvalue weighted by Gasteiger charge is -1.98. The van der Waals surface area contributed by atoms with Gasteiger partial charge in [0.1, 0.15) is 0 Å². The Balaban J connectivity index is 3.32. The van der Waals surface area contributed by atoms with Crippen molar-refractivity contribution in [2.75, 3.05) is 7.11 Å². The number of allylic oxidation sites excluding steroid dienone is 6. The average Bonchev–Trinajstić information content (AvgIpc) is 2.50. The van der Waals surface area contributed by atoms with Gasteiger partial charge in [-0.1, -0.05) is 69.1 Å². The molecular weight excluding hydrogens is 260 g/mol. The fourth-order valence-electron chi connectivity index (χ4n) is 1.93. The van der Waals surface area contributed by atoms with Gasteiger partial charge in [0.05, 0.1) is 7.11 Å². The van der Waals surface area contributed by atoms with Crippen LogP contribution in [0.1, 0.15) is 71.1 Å². The molecule has 0 aliphatic carbocycles. The van der Waals surface area contributed by atoms with E-state index < -0.39 is 0 Å². The number of esters is 1. The quantitative estimate of drug-likeness (QED) is 0.187. The smallest absolute Gasteiger partial charge is 0.305 e. The molecule has 0 atom stereocenters. The van der Waals surface area contributed by atoms with Gasteiger partial charge in [-0.25, -0.2) is 0 Å². The standard InChI is InChI=1S/C19H32O2/c1-3-4-5-6-7-8-9-10-11-12-13-14-15-16-17-18-19(20)21-2/h6-7,9-12H,3-5,8,13-18H2,1-2H3. The first-order valence-electron chi connectivity index (χ1n) is 8.34. The van der Waals surface area contributed by atoms with Gasteiger partial charge in [0.2, 0.25) is 0 Å². The molecular formula is C19H32O2. The average molecular weight is 292 g/mol. The highest BCUT2D eigenvalue weighted by molar-refractivity contribution is 5.68. The molecule has 0 fully saturated rings. The summed E-state index contributed by atoms with van der Waals surface area (Å²) in [5.41, 5.74) is 0. The number of hydrogen-bond acceptors (Lipinski definition) is 2. The number of hydrogen-bond donors (Lipinski definition) is 0. The summed E-state index contributed by atoms with van der Waals surface area (Å²) in [7, 11) is 1.45. The third kappa shape index (κ3) is 16.6. The van der Waals surface area contributed by atoms with Gasteiger partial charge in [0.15, 0.2) is 0 Å². The third-order valence-electron chi connectivity index (χ3n) is 3.28. The van der Waals surface area contributed by atoms with Crippen LogP contribution >= 0.6 is 0 Å². The van der Waals surface area contributed by atoms with Crippen molar-refractivity contribution in [3.63, 3.8) is 0 Å². The van der Waals surface area contributed by atoms with Crippen molar-refractivity contribution < 1.29 is 9.53 Å². The second-order valence-corrected chi connectivity index (χ2v) is 5.23. The monoisotopic (exact) mass is 292 g/mol. The minimum Gasteiger partial charge on any atom is -0.469 e. The van der Waals surface area contributed by atoms with Crippen LogP contribution < -0.4 is 0 Å². The normalized spacial score (nSPS) is 11.9. The fraction of sp³-hybridized carbons (Fsp3) is 0.632. The van der Waals surface area contributed by atoms with Crippen molar-refractivity contribution in [1.29, 1.82) is 0 Å². The largest absolute Gasteiger partial charge is 0.469 e. The molecule has 0 spiro atoms. The summed E-state index contributed by atoms with van der Waals surface area (Å²) < 4.78 is 4.61. The lowest BCUT2D eigenvalue weighted by Crippen LogP contribution is -1.98. The molecule has 21 heavy (non-hydrogen) atoms. The number of ether oxygens (including phenoxy) is 1. The molecule has 0 saturated heterocycles. The summed E-state index contributed by atoms with van der Waals surface area (Å²) in [6.45, 7) is 2.22. The Hall–Kier alpha value is -1.31. The van der Waals surface area contributed by atoms with E-state index in [9.17, 15) is 4.79 Å². The maximum absolute atomic E-state index is 10.9. The van der Waals surface area contributed by atoms with Crippen LogP contribution in [0.3, 0.4) is 0 Å². The summed E-state index contributed by atoms with van der Waals surface area (Å²) in [6, 6.07) is 0. The zero-order valence-corrected chi connectivity index (χ0v) is 13.9. The Morgan fingerprint density at radius 1 is 0.857 bits per heavy atom. The molecule has 2 heteroatoms. The molecule has 0 radical (unpaired) electrons. The van der Waals surface area contributed by atoms with E-state index in [2.05, 4.69) is 48.1 Å². The van der Waals surface area contributed by atoms with Crippen LogP contribution in [0.2, 0.25) is 0 Å². The zero-order chi connectivity index (χ0) is 15.6. The van der Waals surface area contributed by atoms with E-state index in [-0.39, 0.29) is 5.97 Å². The van der Waals surface area contributed by atoms with E-state index in [0.29, 0.717) is 6.42 Å². The lowest BCUT2D eigenvalue weighted by molar-refractivity contribution is -0.140. The predicted molar refractivity (Wildman–Crippen MR) is 91.3 cm³/mol. The molecule has 0 aliphatic heterocycles. The van der Waals surface area contributed by atoms with Crippen molar-refractivity contribution in [3.05, 3.63) is 36.5 Å². The number of carbonyl (C=O) groups is 1. The molecule has 120 valence electrons. The number of unbranched alkanes of at least 4 members (excludes halogenated alkanes) is 6. The second kappa shape index (κ2) is 16.7. The van der Waals surface area contributed by atoms with Crippen molar-refractivity contribution in [2.45, 2.75) is 71.1 Å². The van der Waals surface area contributed by atoms with E-state index >= 15 is 0 Å². The molecule has 0 N–H and O–H groups in total. The first-order chi connectivity index (χ1) is 10.3. The van der Waals surface area contributed by atoms with Gasteiger partial charge >= 0.3 is 5.97 Å². The molecule has 0 saturated carbocycles. The number of methoxy groups -OCH3 is 1. The Labute approximate surface area is 131 Å². The molecule has 0 aliphatic rings. The molecule has 0 bridgehead atoms. The van der Waals surface area contributed by atoms with Gasteiger partial charge in [-0.2, -0.15) is 0 Å². The van der Waals surface area contributed by atoms with Gasteiger partial charge < -0.3 is 4.74 Å². The Morgan fingerprint density at radius 2 is 1.57 bits per heavy atom. The third-order valence-corrected chi connectivity index (χ3v) is 3.28. The van der Waals surface area contributed by atoms with Crippen LogP contribution in [0, 0.1) is 0 Å². The van der Waals surface area contributed by atoms with Crippen molar-refractivity contribution in [1.82, 2.24) is 0 Å². The van der Waals surface area contributed by atoms with Gasteiger partial charge in [-0.05, 0) is 32.1 Å². The lowest BCUT2D eigenvalue weighted by atomic mass is 10.1. The Bertz CT molecular complexity index is 314. The number of rotatable bonds is 13. The minimum atomic E-state index is -0.0937. The molecule has 0 aromatic carbocycles. The minimum absolute atomic E-state index is 0.0937. The SMILES string of the molecule is CCCCC=CCC=CC=CCCCCCCC(=O)OC. The highest BCUT2D eigenvalue weighted by atomic mass is 16.5. The van der Waals surface area contributed by atoms with E-state index in [1.165, 1.54) is 39.2 Å². The van der Waals surface area contributed by atoms with Crippen LogP contribution in [-0.4, -0.2) is 13.1 Å². The molecule has 0 aromatic heterocycles. The van der Waals surface area contributed by atoms with E-state index in [0.717, 1.165) is 25.7 Å². The Kier molecular flexibility index (Phi) is 15.7. The topological polar surface area (TPSA) is 26.3 Å². The first-order valence-corrected chi connectivity index (χ1v) is 8.34. The second-order valence-electron chi connectivity index (χ2n) is 5.23. The molecule has 0 aromatic rings. The summed E-state index contributed by atoms with van der Waals surface area (Å²) in [5, 5.41) is 0. The van der Waals surface area contributed by atoms with E-state index in [1.807, 2.05) is 0 Å². The van der Waals surface area contributed by atoms with Gasteiger partial charge in [-0.3, -0.25) is 4.79 Å². The molecule has 0 amide bonds. The molecule has 0 heterocycles. The van der Waals surface area contributed by atoms with Gasteiger partial charge in [-0.15, -0.1) is 0 Å². The van der Waals surface area contributed by atoms with E-state index in [1.54, 1.807) is 0 Å². The van der Waals surface area contributed by atoms with Crippen LogP contribution in [0.5, 0.6) is 0 Å². The highest BCUT2D eigenvalue weighted by Crippen LogP contribution is 2.06. The van der Waals surface area contributed by atoms with Crippen LogP contribution in [-0.2, 0) is 9.53 Å². The molecule has 0 rings (SSSR count). The van der Waals surface area contributed by atoms with Gasteiger partial charge in [0, 0.05) is 6.42 Å². The van der Waals surface area contributed by atoms with E-state index in [4.69, 9.17) is 0 Å². The maximum atomic E-state index is 10.9. The van der Waals surface area contributed by atoms with Crippen LogP contribution in [0.25, 0.3) is 0 Å². The highest BCUT2D eigenvalue weighted by Gasteiger charge is 1.98. The predicted octanol–water partition coefficient (Wildman–Crippen LogP) is 5.75. The summed E-state index contributed by atoms with van der Waals surface area (Å²) >= 11 is 0. The number of carbonyl (C=O) groups excluding carboxylic acids is 1. The fourth-order valence-corrected chi connectivity index (χ4v) is 1.93. The van der Waals surface area contributed by atoms with Gasteiger partial charge in [0.25, 0.3) is 0 Å². The summed E-state index contributed by atoms with van der Waals surface area (Å²) in [5.74, 6) is -0.0937. The summed E-state index contributed by atoms with van der Waals surface area (Å²) in [6.07, 6.45) is 24.1. The maximum Gasteiger partial charge on any atom is 0.305 e. The zero-order valence-electron chi connectivity index (χ0n) is 13.9. The summed E-state index contributed by atoms with van der Waals surface area (Å²) in [4.78, 5) is 10.9. The van der Waals surface area contributed by atoms with Crippen molar-refractivity contribution in [3.8, 4) is 0 Å². The first kappa shape index (κ1) is 19.7. The molecule has 2 nitrogen and oxygen atoms in total. The van der Waals surface area contributed by atoms with Crippen molar-refractivity contribution >= 4 is 5.97 Å².